The summed E-state index contributed by atoms with van der Waals surface area (Å²) in [6.07, 6.45) is 0. The van der Waals surface area contributed by atoms with Gasteiger partial charge in [0.1, 0.15) is 0 Å². The highest BCUT2D eigenvalue weighted by Gasteiger charge is 2.09. The summed E-state index contributed by atoms with van der Waals surface area (Å²) in [5.74, 6) is -0.553. The van der Waals surface area contributed by atoms with Crippen LogP contribution in [0.1, 0.15) is 27.3 Å². The first-order chi connectivity index (χ1) is 14.0. The van der Waals surface area contributed by atoms with Gasteiger partial charge in [-0.1, -0.05) is 29.4 Å². The molecule has 4 aromatic rings. The second-order valence-corrected chi connectivity index (χ2v) is 6.76. The molecule has 0 radical (unpaired) electrons. The van der Waals surface area contributed by atoms with Crippen LogP contribution in [0.5, 0.6) is 0 Å². The fraction of sp³-hybridized carbons (Fsp3) is 0.143. The molecular formula is C21H19N5O3. The van der Waals surface area contributed by atoms with Crippen molar-refractivity contribution < 1.29 is 9.32 Å². The third kappa shape index (κ3) is 4.16. The monoisotopic (exact) mass is 389 g/mol. The van der Waals surface area contributed by atoms with Crippen molar-refractivity contribution in [3.8, 4) is 11.4 Å². The van der Waals surface area contributed by atoms with Gasteiger partial charge >= 0.3 is 5.76 Å². The molecule has 0 saturated carbocycles. The summed E-state index contributed by atoms with van der Waals surface area (Å²) >= 11 is 0. The Morgan fingerprint density at radius 1 is 1.14 bits per heavy atom. The van der Waals surface area contributed by atoms with E-state index in [1.807, 2.05) is 36.7 Å². The number of rotatable bonds is 5. The number of nitrogens with zero attached hydrogens (tertiary/aromatic N) is 3. The molecule has 2 aromatic heterocycles. The molecule has 0 unspecified atom stereocenters. The quantitative estimate of drug-likeness (QED) is 0.545. The second-order valence-electron chi connectivity index (χ2n) is 6.76. The summed E-state index contributed by atoms with van der Waals surface area (Å²) in [7, 11) is 0. The van der Waals surface area contributed by atoms with Crippen molar-refractivity contribution in [1.29, 1.82) is 0 Å². The normalized spacial score (nSPS) is 10.8. The fourth-order valence-electron chi connectivity index (χ4n) is 3.07. The highest BCUT2D eigenvalue weighted by Crippen LogP contribution is 2.19. The maximum Gasteiger partial charge on any atom is 0.439 e. The Morgan fingerprint density at radius 3 is 2.59 bits per heavy atom. The van der Waals surface area contributed by atoms with Gasteiger partial charge in [0.2, 0.25) is 0 Å². The molecule has 29 heavy (non-hydrogen) atoms. The van der Waals surface area contributed by atoms with E-state index in [0.29, 0.717) is 29.2 Å². The number of H-pyrrole nitrogens is 1. The number of hydrogen-bond donors (Lipinski definition) is 2. The molecule has 8 nitrogen and oxygen atoms in total. The summed E-state index contributed by atoms with van der Waals surface area (Å²) in [4.78, 5) is 26.2. The zero-order chi connectivity index (χ0) is 20.4. The van der Waals surface area contributed by atoms with Crippen LogP contribution < -0.4 is 11.1 Å². The minimum atomic E-state index is -0.630. The minimum Gasteiger partial charge on any atom is -0.322 e. The molecule has 0 aliphatic rings. The van der Waals surface area contributed by atoms with Gasteiger partial charge in [-0.2, -0.15) is 5.10 Å². The number of aromatic nitrogens is 4. The second kappa shape index (κ2) is 7.59. The van der Waals surface area contributed by atoms with Crippen LogP contribution in [0, 0.1) is 13.8 Å². The van der Waals surface area contributed by atoms with Gasteiger partial charge in [-0.25, -0.2) is 4.79 Å². The van der Waals surface area contributed by atoms with Crippen LogP contribution >= 0.6 is 0 Å². The molecular weight excluding hydrogens is 370 g/mol. The molecule has 146 valence electrons. The molecule has 1 amide bonds. The third-order valence-electron chi connectivity index (χ3n) is 4.49. The van der Waals surface area contributed by atoms with Gasteiger partial charge in [0.25, 0.3) is 5.91 Å². The lowest BCUT2D eigenvalue weighted by atomic mass is 10.1. The topological polar surface area (TPSA) is 106 Å². The van der Waals surface area contributed by atoms with Gasteiger partial charge in [-0.05, 0) is 49.7 Å². The molecule has 0 spiro atoms. The van der Waals surface area contributed by atoms with E-state index in [1.165, 1.54) is 0 Å². The van der Waals surface area contributed by atoms with Gasteiger partial charge in [0.05, 0.1) is 12.2 Å². The lowest BCUT2D eigenvalue weighted by Crippen LogP contribution is -2.12. The number of nitrogens with one attached hydrogen (secondary N) is 2. The van der Waals surface area contributed by atoms with Gasteiger partial charge in [-0.3, -0.25) is 19.0 Å². The SMILES string of the molecule is Cc1cc(C)n(Cc2ccc(C(=O)Nc3cccc(-c4noc(=O)[nH]4)c3)cc2)n1. The largest absolute Gasteiger partial charge is 0.439 e. The maximum absolute atomic E-state index is 12.6. The van der Waals surface area contributed by atoms with E-state index in [2.05, 4.69) is 25.1 Å². The Bertz CT molecular complexity index is 1220. The Morgan fingerprint density at radius 2 is 1.93 bits per heavy atom. The first kappa shape index (κ1) is 18.4. The highest BCUT2D eigenvalue weighted by molar-refractivity contribution is 6.04. The Labute approximate surface area is 166 Å². The van der Waals surface area contributed by atoms with E-state index >= 15 is 0 Å². The Hall–Kier alpha value is -3.94. The van der Waals surface area contributed by atoms with E-state index < -0.39 is 5.76 Å². The van der Waals surface area contributed by atoms with Crippen molar-refractivity contribution in [2.45, 2.75) is 20.4 Å². The molecule has 0 saturated heterocycles. The zero-order valence-electron chi connectivity index (χ0n) is 16.0. The minimum absolute atomic E-state index is 0.228. The zero-order valence-corrected chi connectivity index (χ0v) is 16.0. The third-order valence-corrected chi connectivity index (χ3v) is 4.49. The predicted molar refractivity (Wildman–Crippen MR) is 108 cm³/mol. The number of anilines is 1. The number of carbonyl (C=O) groups is 1. The molecule has 0 aliphatic carbocycles. The summed E-state index contributed by atoms with van der Waals surface area (Å²) in [5, 5.41) is 11.0. The molecule has 0 atom stereocenters. The van der Waals surface area contributed by atoms with Crippen molar-refractivity contribution in [3.05, 3.63) is 87.7 Å². The van der Waals surface area contributed by atoms with Crippen LogP contribution in [0.2, 0.25) is 0 Å². The van der Waals surface area contributed by atoms with Crippen molar-refractivity contribution >= 4 is 11.6 Å². The predicted octanol–water partition coefficient (Wildman–Crippen LogP) is 3.14. The van der Waals surface area contributed by atoms with Gasteiger partial charge in [-0.15, -0.1) is 0 Å². The summed E-state index contributed by atoms with van der Waals surface area (Å²) < 4.78 is 6.45. The van der Waals surface area contributed by atoms with Crippen molar-refractivity contribution in [2.24, 2.45) is 0 Å². The molecule has 0 aliphatic heterocycles. The Balaban J connectivity index is 1.46. The van der Waals surface area contributed by atoms with Gasteiger partial charge in [0.15, 0.2) is 5.82 Å². The average Bonchev–Trinajstić information content (AvgIpc) is 3.27. The highest BCUT2D eigenvalue weighted by atomic mass is 16.5. The van der Waals surface area contributed by atoms with Crippen molar-refractivity contribution in [1.82, 2.24) is 19.9 Å². The summed E-state index contributed by atoms with van der Waals surface area (Å²) in [6.45, 7) is 4.64. The van der Waals surface area contributed by atoms with Gasteiger partial charge in [0, 0.05) is 22.5 Å². The summed E-state index contributed by atoms with van der Waals surface area (Å²) in [5.41, 5.74) is 4.90. The number of hydrogen-bond acceptors (Lipinski definition) is 5. The smallest absolute Gasteiger partial charge is 0.322 e. The van der Waals surface area contributed by atoms with Crippen molar-refractivity contribution in [2.75, 3.05) is 5.32 Å². The number of benzene rings is 2. The van der Waals surface area contributed by atoms with Crippen LogP contribution in [0.15, 0.2) is 63.9 Å². The Kier molecular flexibility index (Phi) is 4.82. The van der Waals surface area contributed by atoms with Crippen LogP contribution in [0.4, 0.5) is 5.69 Å². The number of aromatic amines is 1. The van der Waals surface area contributed by atoms with Crippen LogP contribution in [-0.2, 0) is 6.54 Å². The molecule has 2 heterocycles. The molecule has 2 N–H and O–H groups in total. The van der Waals surface area contributed by atoms with Gasteiger partial charge < -0.3 is 5.32 Å². The molecule has 0 bridgehead atoms. The maximum atomic E-state index is 12.6. The van der Waals surface area contributed by atoms with E-state index in [4.69, 9.17) is 0 Å². The van der Waals surface area contributed by atoms with Crippen molar-refractivity contribution in [3.63, 3.8) is 0 Å². The molecule has 0 fully saturated rings. The van der Waals surface area contributed by atoms with Crippen LogP contribution in [-0.4, -0.2) is 25.8 Å². The lowest BCUT2D eigenvalue weighted by Gasteiger charge is -2.08. The fourth-order valence-corrected chi connectivity index (χ4v) is 3.07. The lowest BCUT2D eigenvalue weighted by molar-refractivity contribution is 0.102. The molecule has 4 rings (SSSR count). The average molecular weight is 389 g/mol. The van der Waals surface area contributed by atoms with Crippen LogP contribution in [0.25, 0.3) is 11.4 Å². The summed E-state index contributed by atoms with van der Waals surface area (Å²) in [6, 6.07) is 16.4. The van der Waals surface area contributed by atoms with E-state index in [1.54, 1.807) is 36.4 Å². The first-order valence-electron chi connectivity index (χ1n) is 9.06. The molecule has 8 heteroatoms. The van der Waals surface area contributed by atoms with E-state index in [0.717, 1.165) is 17.0 Å². The van der Waals surface area contributed by atoms with E-state index in [9.17, 15) is 9.59 Å². The van der Waals surface area contributed by atoms with Crippen LogP contribution in [0.3, 0.4) is 0 Å². The number of amides is 1. The van der Waals surface area contributed by atoms with E-state index in [-0.39, 0.29) is 5.91 Å². The standard InChI is InChI=1S/C21H19N5O3/c1-13-10-14(2)26(24-13)12-15-6-8-16(9-7-15)20(27)22-18-5-3-4-17(11-18)19-23-21(28)29-25-19/h3-11H,12H2,1-2H3,(H,22,27)(H,23,25,28). The number of aryl methyl sites for hydroxylation is 2. The molecule has 2 aromatic carbocycles. The number of carbonyl (C=O) groups excluding carboxylic acids is 1. The first-order valence-corrected chi connectivity index (χ1v) is 9.06.